The molecule has 0 aliphatic carbocycles. The summed E-state index contributed by atoms with van der Waals surface area (Å²) >= 11 is 3.58. The van der Waals surface area contributed by atoms with Crippen LogP contribution in [0.1, 0.15) is 5.56 Å². The van der Waals surface area contributed by atoms with Gasteiger partial charge in [-0.2, -0.15) is 4.57 Å². The van der Waals surface area contributed by atoms with Crippen molar-refractivity contribution in [3.63, 3.8) is 0 Å². The minimum Gasteiger partial charge on any atom is -0.304 e. The van der Waals surface area contributed by atoms with Gasteiger partial charge in [-0.15, -0.1) is 35.9 Å². The van der Waals surface area contributed by atoms with E-state index in [1.54, 1.807) is 0 Å². The molecule has 0 radical (unpaired) electrons. The monoisotopic (exact) mass is 900 g/mol. The third kappa shape index (κ3) is 7.17. The second-order valence-electron chi connectivity index (χ2n) is 12.1. The molecule has 4 heterocycles. The molecular formula is C46H32BrN3Pt. The molecule has 1 aliphatic heterocycles. The van der Waals surface area contributed by atoms with Crippen molar-refractivity contribution < 1.29 is 25.6 Å². The second kappa shape index (κ2) is 15.7. The standard InChI is InChI=1S/C16H12N.C15H10BrN.C15H10N.Pt/c1-3-7-14-12(5-1)9-10-17-11-13-6-2-4-8-15(13)16(14)17;16-14-8-4-3-7-13(14)15-12-6-2-1-5-11(12)9-10-17-15;1-2-7-13(8-3-1)15-14-9-5-4-6-12(14)10-11-16-15;/h1-10H,11H2;1-10H;1-7,9-11H;/q+1;;-1;. The van der Waals surface area contributed by atoms with Gasteiger partial charge in [-0.05, 0) is 57.6 Å². The van der Waals surface area contributed by atoms with E-state index in [0.29, 0.717) is 0 Å². The fourth-order valence-electron chi connectivity index (χ4n) is 6.62. The van der Waals surface area contributed by atoms with Crippen LogP contribution >= 0.6 is 15.9 Å². The molecule has 10 rings (SSSR count). The summed E-state index contributed by atoms with van der Waals surface area (Å²) in [5.74, 6) is 0. The SMILES string of the molecule is Brc1ccccc1-c1nccc2ccccc12.[Pt].[c-]1ccccc1-c1nccc2ccccc12.c1ccc2c(c1)C[n+]1ccc3ccccc3c1-2. The number of halogens is 1. The van der Waals surface area contributed by atoms with Crippen molar-refractivity contribution in [3.05, 3.63) is 198 Å². The van der Waals surface area contributed by atoms with Crippen LogP contribution in [0.4, 0.5) is 0 Å². The van der Waals surface area contributed by atoms with Gasteiger partial charge in [-0.3, -0.25) is 4.98 Å². The predicted molar refractivity (Wildman–Crippen MR) is 210 cm³/mol. The number of benzene rings is 6. The van der Waals surface area contributed by atoms with Gasteiger partial charge in [-0.1, -0.05) is 119 Å². The molecule has 3 aromatic heterocycles. The summed E-state index contributed by atoms with van der Waals surface area (Å²) in [7, 11) is 0. The van der Waals surface area contributed by atoms with E-state index >= 15 is 0 Å². The van der Waals surface area contributed by atoms with E-state index in [2.05, 4.69) is 128 Å². The van der Waals surface area contributed by atoms with Crippen LogP contribution in [0.2, 0.25) is 0 Å². The molecule has 0 amide bonds. The van der Waals surface area contributed by atoms with Crippen molar-refractivity contribution in [2.24, 2.45) is 0 Å². The fourth-order valence-corrected chi connectivity index (χ4v) is 7.10. The summed E-state index contributed by atoms with van der Waals surface area (Å²) < 4.78 is 3.41. The Balaban J connectivity index is 0.000000118. The zero-order chi connectivity index (χ0) is 33.7. The van der Waals surface area contributed by atoms with Gasteiger partial charge in [0, 0.05) is 60.5 Å². The number of aromatic nitrogens is 3. The molecule has 248 valence electrons. The minimum absolute atomic E-state index is 0. The summed E-state index contributed by atoms with van der Waals surface area (Å²) in [5, 5.41) is 7.45. The van der Waals surface area contributed by atoms with Gasteiger partial charge in [0.1, 0.15) is 0 Å². The Morgan fingerprint density at radius 2 is 1.06 bits per heavy atom. The molecular weight excluding hydrogens is 870 g/mol. The molecule has 6 aromatic carbocycles. The number of hydrogen-bond donors (Lipinski definition) is 0. The molecule has 0 fully saturated rings. The first-order valence-corrected chi connectivity index (χ1v) is 17.4. The first-order valence-electron chi connectivity index (χ1n) is 16.6. The summed E-state index contributed by atoms with van der Waals surface area (Å²) in [6, 6.07) is 59.4. The van der Waals surface area contributed by atoms with Crippen LogP contribution in [0, 0.1) is 6.07 Å². The van der Waals surface area contributed by atoms with Crippen molar-refractivity contribution in [1.29, 1.82) is 0 Å². The summed E-state index contributed by atoms with van der Waals surface area (Å²) in [4.78, 5) is 8.95. The second-order valence-corrected chi connectivity index (χ2v) is 12.9. The van der Waals surface area contributed by atoms with Crippen LogP contribution in [0.25, 0.3) is 66.1 Å². The summed E-state index contributed by atoms with van der Waals surface area (Å²) in [6.45, 7) is 0.996. The van der Waals surface area contributed by atoms with Gasteiger partial charge >= 0.3 is 0 Å². The van der Waals surface area contributed by atoms with Crippen LogP contribution in [-0.2, 0) is 27.6 Å². The van der Waals surface area contributed by atoms with Crippen molar-refractivity contribution in [1.82, 2.24) is 9.97 Å². The Labute approximate surface area is 320 Å². The zero-order valence-electron chi connectivity index (χ0n) is 27.6. The maximum atomic E-state index is 4.51. The van der Waals surface area contributed by atoms with Gasteiger partial charge in [0.15, 0.2) is 12.7 Å². The van der Waals surface area contributed by atoms with Crippen molar-refractivity contribution in [3.8, 4) is 33.8 Å². The van der Waals surface area contributed by atoms with Gasteiger partial charge in [-0.25, -0.2) is 0 Å². The van der Waals surface area contributed by atoms with Gasteiger partial charge in [0.05, 0.1) is 16.6 Å². The minimum atomic E-state index is 0. The number of nitrogens with zero attached hydrogens (tertiary/aromatic N) is 3. The third-order valence-corrected chi connectivity index (χ3v) is 9.68. The van der Waals surface area contributed by atoms with Crippen LogP contribution in [0.5, 0.6) is 0 Å². The van der Waals surface area contributed by atoms with E-state index < -0.39 is 0 Å². The number of fused-ring (bicyclic) bond motifs is 7. The Hall–Kier alpha value is -5.28. The predicted octanol–water partition coefficient (Wildman–Crippen LogP) is 11.5. The van der Waals surface area contributed by atoms with Gasteiger partial charge in [0.2, 0.25) is 5.69 Å². The summed E-state index contributed by atoms with van der Waals surface area (Å²) in [6.07, 6.45) is 5.90. The molecule has 0 saturated carbocycles. The van der Waals surface area contributed by atoms with E-state index in [9.17, 15) is 0 Å². The Bertz CT molecular complexity index is 2590. The van der Waals surface area contributed by atoms with Gasteiger partial charge < -0.3 is 4.98 Å². The molecule has 5 heteroatoms. The molecule has 0 N–H and O–H groups in total. The first kappa shape index (κ1) is 34.2. The van der Waals surface area contributed by atoms with Crippen LogP contribution < -0.4 is 4.57 Å². The van der Waals surface area contributed by atoms with Crippen LogP contribution in [0.3, 0.4) is 0 Å². The Morgan fingerprint density at radius 1 is 0.510 bits per heavy atom. The average Bonchev–Trinajstić information content (AvgIpc) is 3.58. The van der Waals surface area contributed by atoms with E-state index in [0.717, 1.165) is 33.5 Å². The van der Waals surface area contributed by atoms with E-state index in [1.165, 1.54) is 49.1 Å². The van der Waals surface area contributed by atoms with E-state index in [-0.39, 0.29) is 21.1 Å². The maximum absolute atomic E-state index is 4.51. The fraction of sp³-hybridized carbons (Fsp3) is 0.0217. The molecule has 9 aromatic rings. The Kier molecular flexibility index (Phi) is 10.5. The third-order valence-electron chi connectivity index (χ3n) is 8.99. The molecule has 3 nitrogen and oxygen atoms in total. The summed E-state index contributed by atoms with van der Waals surface area (Å²) in [5.41, 5.74) is 8.35. The van der Waals surface area contributed by atoms with Crippen LogP contribution in [-0.4, -0.2) is 9.97 Å². The molecule has 0 unspecified atom stereocenters. The molecule has 1 aliphatic rings. The normalized spacial score (nSPS) is 11.0. The van der Waals surface area contributed by atoms with E-state index in [4.69, 9.17) is 0 Å². The van der Waals surface area contributed by atoms with Crippen LogP contribution in [0.15, 0.2) is 187 Å². The molecule has 0 saturated heterocycles. The smallest absolute Gasteiger partial charge is 0.221 e. The largest absolute Gasteiger partial charge is 0.304 e. The molecule has 0 spiro atoms. The molecule has 0 atom stereocenters. The maximum Gasteiger partial charge on any atom is 0.221 e. The number of hydrogen-bond acceptors (Lipinski definition) is 2. The molecule has 51 heavy (non-hydrogen) atoms. The topological polar surface area (TPSA) is 29.7 Å². The molecule has 0 bridgehead atoms. The Morgan fingerprint density at radius 3 is 1.75 bits per heavy atom. The first-order chi connectivity index (χ1) is 24.7. The zero-order valence-corrected chi connectivity index (χ0v) is 31.4. The quantitative estimate of drug-likeness (QED) is 0.128. The van der Waals surface area contributed by atoms with Crippen molar-refractivity contribution >= 4 is 48.2 Å². The van der Waals surface area contributed by atoms with Gasteiger partial charge in [0.25, 0.3) is 0 Å². The van der Waals surface area contributed by atoms with E-state index in [1.807, 2.05) is 91.3 Å². The number of pyridine rings is 3. The van der Waals surface area contributed by atoms with Crippen molar-refractivity contribution in [2.45, 2.75) is 6.54 Å². The number of rotatable bonds is 2. The average molecular weight is 902 g/mol. The van der Waals surface area contributed by atoms with Crippen molar-refractivity contribution in [2.75, 3.05) is 0 Å².